The van der Waals surface area contributed by atoms with Crippen molar-refractivity contribution in [2.45, 2.75) is 132 Å². The van der Waals surface area contributed by atoms with Gasteiger partial charge in [-0.3, -0.25) is 47.4 Å². The van der Waals surface area contributed by atoms with Gasteiger partial charge in [-0.25, -0.2) is 4.90 Å². The van der Waals surface area contributed by atoms with Gasteiger partial charge in [0.2, 0.25) is 58.8 Å². The van der Waals surface area contributed by atoms with Crippen LogP contribution in [0.25, 0.3) is 10.9 Å². The number of rotatable bonds is 15. The first-order valence-corrected chi connectivity index (χ1v) is 28.7. The summed E-state index contributed by atoms with van der Waals surface area (Å²) in [5.74, 6) is -10.6. The van der Waals surface area contributed by atoms with Crippen LogP contribution in [0.5, 0.6) is 5.75 Å². The van der Waals surface area contributed by atoms with Crippen LogP contribution >= 0.6 is 21.6 Å². The Balaban J connectivity index is 1.64. The van der Waals surface area contributed by atoms with E-state index in [0.717, 1.165) is 0 Å². The molecule has 2 aromatic rings. The number of nitrogens with zero attached hydrogens (tertiary/aromatic N) is 1. The van der Waals surface area contributed by atoms with Crippen LogP contribution in [-0.2, 0) is 60.4 Å². The molecule has 1 fully saturated rings. The molecule has 0 spiro atoms. The van der Waals surface area contributed by atoms with E-state index in [-0.39, 0.29) is 46.5 Å². The molecular formula is C47H69N11O14S3. The Hall–Kier alpha value is -5.36. The third-order valence-electron chi connectivity index (χ3n) is 13.7. The average Bonchev–Trinajstić information content (AvgIpc) is 3.94. The molecule has 3 unspecified atom stereocenters. The maximum absolute atomic E-state index is 15.9. The highest BCUT2D eigenvalue weighted by Crippen LogP contribution is 2.39. The number of aromatic amines is 1. The lowest BCUT2D eigenvalue weighted by Gasteiger charge is -2.44. The number of nitrogens with one attached hydrogen (secondary N) is 9. The number of amides is 8. The number of fused-ring (bicyclic) bond motifs is 7. The van der Waals surface area contributed by atoms with Crippen LogP contribution in [0.2, 0.25) is 0 Å². The fourth-order valence-corrected chi connectivity index (χ4v) is 12.8. The smallest absolute Gasteiger partial charge is 0.244 e. The van der Waals surface area contributed by atoms with E-state index in [0.29, 0.717) is 24.1 Å². The molecule has 0 saturated carbocycles. The van der Waals surface area contributed by atoms with Crippen molar-refractivity contribution in [2.24, 2.45) is 17.6 Å². The van der Waals surface area contributed by atoms with Crippen molar-refractivity contribution in [1.29, 1.82) is 0 Å². The molecule has 0 aliphatic carbocycles. The number of aliphatic hydroxyl groups is 3. The Bertz CT molecular complexity index is 2520. The van der Waals surface area contributed by atoms with E-state index < -0.39 is 175 Å². The van der Waals surface area contributed by atoms with Gasteiger partial charge in [-0.2, -0.15) is 0 Å². The first-order chi connectivity index (χ1) is 35.6. The van der Waals surface area contributed by atoms with Gasteiger partial charge in [-0.05, 0) is 30.0 Å². The van der Waals surface area contributed by atoms with Crippen molar-refractivity contribution in [3.05, 3.63) is 23.8 Å². The molecule has 75 heavy (non-hydrogen) atoms. The van der Waals surface area contributed by atoms with Gasteiger partial charge >= 0.3 is 0 Å². The summed E-state index contributed by atoms with van der Waals surface area (Å²) in [6.45, 7) is 6.61. The van der Waals surface area contributed by atoms with Gasteiger partial charge in [-0.1, -0.05) is 62.6 Å². The van der Waals surface area contributed by atoms with E-state index >= 15 is 9.59 Å². The van der Waals surface area contributed by atoms with E-state index in [1.54, 1.807) is 13.8 Å². The van der Waals surface area contributed by atoms with Crippen molar-refractivity contribution >= 4 is 96.3 Å². The highest BCUT2D eigenvalue weighted by atomic mass is 33.1. The summed E-state index contributed by atoms with van der Waals surface area (Å²) in [6.07, 6.45) is -4.61. The minimum Gasteiger partial charge on any atom is -0.465 e. The van der Waals surface area contributed by atoms with Crippen LogP contribution < -0.4 is 53.0 Å². The van der Waals surface area contributed by atoms with E-state index in [4.69, 9.17) is 10.5 Å². The zero-order valence-corrected chi connectivity index (χ0v) is 44.8. The van der Waals surface area contributed by atoms with Crippen molar-refractivity contribution in [3.63, 3.8) is 0 Å². The number of carbonyl (C=O) groups excluding carboxylic acids is 9. The molecule has 7 rings (SSSR count). The number of hydrogen-bond donors (Lipinski definition) is 13. The molecule has 8 amide bonds. The van der Waals surface area contributed by atoms with Gasteiger partial charge in [0.05, 0.1) is 66.4 Å². The predicted octanol–water partition coefficient (Wildman–Crippen LogP) is -3.73. The second kappa shape index (κ2) is 26.1. The minimum atomic E-state index is -2.38. The Morgan fingerprint density at radius 3 is 2.27 bits per heavy atom. The molecule has 6 heterocycles. The quantitative estimate of drug-likeness (QED) is 0.0602. The normalized spacial score (nSPS) is 28.9. The summed E-state index contributed by atoms with van der Waals surface area (Å²) in [5, 5.41) is 54.0. The van der Waals surface area contributed by atoms with Gasteiger partial charge in [0, 0.05) is 60.8 Å². The van der Waals surface area contributed by atoms with Gasteiger partial charge in [0.15, 0.2) is 0 Å². The van der Waals surface area contributed by atoms with Crippen LogP contribution in [0.4, 0.5) is 0 Å². The summed E-state index contributed by atoms with van der Waals surface area (Å²) >= 11 is 0. The molecule has 1 aromatic heterocycles. The number of hydrogen-bond acceptors (Lipinski definition) is 18. The zero-order valence-electron chi connectivity index (χ0n) is 42.4. The maximum atomic E-state index is 15.9. The fourth-order valence-electron chi connectivity index (χ4n) is 9.44. The predicted molar refractivity (Wildman–Crippen MR) is 277 cm³/mol. The Morgan fingerprint density at radius 1 is 0.893 bits per heavy atom. The minimum absolute atomic E-state index is 0.0202. The number of ether oxygens (including phenoxy) is 1. The number of benzene rings is 1. The van der Waals surface area contributed by atoms with E-state index in [9.17, 15) is 53.1 Å². The van der Waals surface area contributed by atoms with E-state index in [2.05, 4.69) is 47.5 Å². The van der Waals surface area contributed by atoms with Crippen molar-refractivity contribution < 1.29 is 67.4 Å². The first-order valence-electron chi connectivity index (χ1n) is 24.9. The van der Waals surface area contributed by atoms with Crippen molar-refractivity contribution in [1.82, 2.24) is 52.4 Å². The molecular weight excluding hydrogens is 1040 g/mol. The number of H-pyrrole nitrogens is 1. The second-order valence-corrected chi connectivity index (χ2v) is 23.7. The summed E-state index contributed by atoms with van der Waals surface area (Å²) in [7, 11) is 0.464. The number of aliphatic hydroxyl groups excluding tert-OH is 3. The topological polar surface area (TPSA) is 382 Å². The number of nitrogens with two attached hydrogens (primary N) is 1. The summed E-state index contributed by atoms with van der Waals surface area (Å²) in [6, 6.07) is -5.20. The SMILES string of the molecule is CC[C@H](C)[C@@H]1NC(=O)CNC(=O)[C@@H]2Cc3c4[nH]c5cc(ccc35)OC(CCSSCCNC(C)C)(C(=O)[C@H](CC(N)=O)NC(=O)C(C[S@]4=O)NC(=O)CNC1=O)N1CC(O)C[C@H]1C(=O)N[C@@H]([C@@H](C)[C@@H](O)CO)C(=O)N2. The van der Waals surface area contributed by atoms with Crippen molar-refractivity contribution in [2.75, 3.05) is 50.0 Å². The molecule has 8 bridgehead atoms. The van der Waals surface area contributed by atoms with Gasteiger partial charge in [0.25, 0.3) is 0 Å². The molecule has 12 atom stereocenters. The Morgan fingerprint density at radius 2 is 1.59 bits per heavy atom. The van der Waals surface area contributed by atoms with Gasteiger partial charge in [-0.15, -0.1) is 0 Å². The lowest BCUT2D eigenvalue weighted by Crippen LogP contribution is -2.68. The third kappa shape index (κ3) is 14.4. The highest BCUT2D eigenvalue weighted by Gasteiger charge is 2.57. The van der Waals surface area contributed by atoms with Crippen LogP contribution in [0.1, 0.15) is 65.9 Å². The molecule has 0 radical (unpaired) electrons. The first kappa shape index (κ1) is 58.9. The Labute approximate surface area is 443 Å². The van der Waals surface area contributed by atoms with E-state index in [1.165, 1.54) is 51.6 Å². The van der Waals surface area contributed by atoms with Crippen LogP contribution in [0, 0.1) is 11.8 Å². The Kier molecular flexibility index (Phi) is 20.5. The summed E-state index contributed by atoms with van der Waals surface area (Å²) < 4.78 is 21.8. The molecule has 5 aliphatic heterocycles. The van der Waals surface area contributed by atoms with Gasteiger partial charge < -0.3 is 73.3 Å². The molecule has 5 aliphatic rings. The molecule has 1 aromatic carbocycles. The largest absolute Gasteiger partial charge is 0.465 e. The second-order valence-electron chi connectivity index (χ2n) is 19.5. The summed E-state index contributed by atoms with van der Waals surface area (Å²) in [5.41, 5.74) is 3.76. The lowest BCUT2D eigenvalue weighted by molar-refractivity contribution is -0.165. The third-order valence-corrected chi connectivity index (χ3v) is 17.6. The molecule has 414 valence electrons. The standard InChI is InChI=1S/C47H69N11O14S3/c1-6-23(4)38-44(69)51-17-36(63)52-32-21-75(71)46-28-15-31(41(66)50-18-37(64)56-38)54-45(70)39(24(5)34(61)20-59)57-43(68)33-13-25(60)19-58(33)47(9-11-73-74-12-10-49-22(2)3,40(65)30(16-35(48)62)53-42(32)67)72-26-7-8-27(28)29(14-26)55-46/h7-8,14,22-25,30-34,38-39,49,55,59-61H,6,9-13,15-21H2,1-5H3,(H2,48,62)(H,50,66)(H,51,69)(H,52,63)(H,53,67)(H,54,70)(H,56,64)(H,57,68)/t23-,24-,25?,30-,31-,32?,33-,34-,38-,39-,47?,75+/m0/s1. The average molecular weight is 1110 g/mol. The molecule has 14 N–H and O–H groups in total. The monoisotopic (exact) mass is 1110 g/mol. The number of ketones is 1. The molecule has 28 heteroatoms. The van der Waals surface area contributed by atoms with Crippen LogP contribution in [-0.4, -0.2) is 193 Å². The van der Waals surface area contributed by atoms with Gasteiger partial charge in [0.1, 0.15) is 41.0 Å². The fraction of sp³-hybridized carbons (Fsp3) is 0.638. The van der Waals surface area contributed by atoms with Crippen molar-refractivity contribution in [3.8, 4) is 5.75 Å². The van der Waals surface area contributed by atoms with Crippen LogP contribution in [0.15, 0.2) is 23.2 Å². The maximum Gasteiger partial charge on any atom is 0.244 e. The highest BCUT2D eigenvalue weighted by molar-refractivity contribution is 8.76. The zero-order chi connectivity index (χ0) is 54.9. The number of carbonyl (C=O) groups is 9. The number of primary amides is 1. The number of Topliss-reactive ketones (excluding diaryl/α,β-unsaturated/α-hetero) is 1. The lowest BCUT2D eigenvalue weighted by atomic mass is 9.92. The molecule has 25 nitrogen and oxygen atoms in total. The molecule has 1 saturated heterocycles. The number of aromatic nitrogens is 1. The van der Waals surface area contributed by atoms with Crippen LogP contribution in [0.3, 0.4) is 0 Å². The summed E-state index contributed by atoms with van der Waals surface area (Å²) in [4.78, 5) is 133. The van der Waals surface area contributed by atoms with E-state index in [1.807, 2.05) is 13.8 Å².